The number of alkyl halides is 1. The van der Waals surface area contributed by atoms with E-state index in [9.17, 15) is 9.90 Å². The van der Waals surface area contributed by atoms with Gasteiger partial charge in [0, 0.05) is 29.8 Å². The van der Waals surface area contributed by atoms with Gasteiger partial charge in [-0.15, -0.1) is 11.6 Å². The van der Waals surface area contributed by atoms with Gasteiger partial charge in [0.15, 0.2) is 11.5 Å². The number of amides is 1. The van der Waals surface area contributed by atoms with Crippen LogP contribution >= 0.6 is 11.6 Å². The molecule has 0 radical (unpaired) electrons. The first-order valence-electron chi connectivity index (χ1n) is 10.3. The van der Waals surface area contributed by atoms with E-state index in [1.54, 1.807) is 44.4 Å². The van der Waals surface area contributed by atoms with E-state index in [0.29, 0.717) is 35.0 Å². The Morgan fingerprint density at radius 2 is 1.70 bits per heavy atom. The van der Waals surface area contributed by atoms with Gasteiger partial charge in [0.1, 0.15) is 11.4 Å². The minimum atomic E-state index is -0.176. The molecular formula is C25H25ClN2O5. The molecular weight excluding hydrogens is 444 g/mol. The van der Waals surface area contributed by atoms with Crippen LogP contribution in [0, 0.1) is 0 Å². The molecule has 1 amide bonds. The minimum absolute atomic E-state index is 0.168. The number of aromatic amines is 1. The van der Waals surface area contributed by atoms with Crippen molar-refractivity contribution in [3.8, 4) is 23.0 Å². The van der Waals surface area contributed by atoms with Gasteiger partial charge < -0.3 is 29.2 Å². The van der Waals surface area contributed by atoms with E-state index < -0.39 is 0 Å². The Hall–Kier alpha value is -3.58. The topological polar surface area (TPSA) is 84.0 Å². The molecule has 1 aliphatic rings. The summed E-state index contributed by atoms with van der Waals surface area (Å²) < 4.78 is 16.4. The highest BCUT2D eigenvalue weighted by Gasteiger charge is 2.30. The highest BCUT2D eigenvalue weighted by atomic mass is 35.5. The van der Waals surface area contributed by atoms with Crippen molar-refractivity contribution >= 4 is 44.9 Å². The van der Waals surface area contributed by atoms with Crippen molar-refractivity contribution in [2.75, 3.05) is 39.2 Å². The third kappa shape index (κ3) is 3.58. The summed E-state index contributed by atoms with van der Waals surface area (Å²) in [5.74, 6) is 1.45. The number of phenols is 1. The molecule has 33 heavy (non-hydrogen) atoms. The normalized spacial score (nSPS) is 12.3. The predicted octanol–water partition coefficient (Wildman–Crippen LogP) is 5.11. The van der Waals surface area contributed by atoms with Crippen molar-refractivity contribution in [2.45, 2.75) is 6.42 Å². The van der Waals surface area contributed by atoms with Crippen molar-refractivity contribution in [3.05, 3.63) is 53.7 Å². The minimum Gasteiger partial charge on any atom is -0.507 e. The zero-order valence-electron chi connectivity index (χ0n) is 18.9. The largest absolute Gasteiger partial charge is 0.507 e. The average Bonchev–Trinajstić information content (AvgIpc) is 3.48. The number of H-pyrrole nitrogens is 1. The summed E-state index contributed by atoms with van der Waals surface area (Å²) in [7, 11) is 4.64. The molecule has 1 aliphatic heterocycles. The Morgan fingerprint density at radius 1 is 1.00 bits per heavy atom. The van der Waals surface area contributed by atoms with Crippen LogP contribution in [0.3, 0.4) is 0 Å². The Bertz CT molecular complexity index is 1350. The van der Waals surface area contributed by atoms with Crippen LogP contribution in [0.1, 0.15) is 16.1 Å². The number of nitrogens with one attached hydrogen (secondary N) is 1. The van der Waals surface area contributed by atoms with Crippen molar-refractivity contribution in [3.63, 3.8) is 0 Å². The van der Waals surface area contributed by atoms with Gasteiger partial charge in [-0.3, -0.25) is 4.79 Å². The number of methoxy groups -OCH3 is 3. The Kier molecular flexibility index (Phi) is 6.24. The van der Waals surface area contributed by atoms with Gasteiger partial charge in [0.05, 0.1) is 32.5 Å². The van der Waals surface area contributed by atoms with Crippen LogP contribution < -0.4 is 19.1 Å². The molecule has 2 N–H and O–H groups in total. The summed E-state index contributed by atoms with van der Waals surface area (Å²) in [6, 6.07) is 13.0. The molecule has 0 bridgehead atoms. The number of hydrogen-bond donors (Lipinski definition) is 2. The molecule has 0 fully saturated rings. The lowest BCUT2D eigenvalue weighted by atomic mass is 10.0. The van der Waals surface area contributed by atoms with Gasteiger partial charge in [-0.25, -0.2) is 0 Å². The predicted molar refractivity (Wildman–Crippen MR) is 131 cm³/mol. The quantitative estimate of drug-likeness (QED) is 0.406. The second-order valence-corrected chi connectivity index (χ2v) is 7.44. The molecule has 4 aromatic rings. The lowest BCUT2D eigenvalue weighted by molar-refractivity contribution is 0.0985. The molecule has 7 nitrogen and oxygen atoms in total. The van der Waals surface area contributed by atoms with Crippen LogP contribution in [-0.4, -0.2) is 50.3 Å². The smallest absolute Gasteiger partial charge is 0.274 e. The number of fused-ring (bicyclic) bond motifs is 4. The summed E-state index contributed by atoms with van der Waals surface area (Å²) in [5.41, 5.74) is 2.88. The van der Waals surface area contributed by atoms with Crippen LogP contribution in [-0.2, 0) is 6.42 Å². The van der Waals surface area contributed by atoms with Gasteiger partial charge in [-0.05, 0) is 29.5 Å². The van der Waals surface area contributed by atoms with Gasteiger partial charge in [-0.1, -0.05) is 24.3 Å². The Labute approximate surface area is 196 Å². The van der Waals surface area contributed by atoms with E-state index in [0.717, 1.165) is 33.8 Å². The maximum atomic E-state index is 13.4. The lowest BCUT2D eigenvalue weighted by Crippen LogP contribution is -2.29. The molecule has 172 valence electrons. The first-order chi connectivity index (χ1) is 16.1. The molecule has 1 aromatic heterocycles. The molecule has 0 saturated heterocycles. The second kappa shape index (κ2) is 9.11. The lowest BCUT2D eigenvalue weighted by Gasteiger charge is -2.17. The van der Waals surface area contributed by atoms with Gasteiger partial charge in [0.2, 0.25) is 5.75 Å². The Balaban J connectivity index is 0.00000126. The van der Waals surface area contributed by atoms with Crippen LogP contribution in [0.2, 0.25) is 0 Å². The molecule has 0 atom stereocenters. The monoisotopic (exact) mass is 468 g/mol. The SMILES string of the molecule is CCl.COc1cc2cc(C(=O)N3CCc4c3cc(O)c3ccccc43)[nH]c2c(OC)c1OC. The number of benzene rings is 3. The van der Waals surface area contributed by atoms with Crippen molar-refractivity contribution in [1.82, 2.24) is 4.98 Å². The molecule has 0 saturated carbocycles. The summed E-state index contributed by atoms with van der Waals surface area (Å²) in [6.07, 6.45) is 2.20. The zero-order valence-corrected chi connectivity index (χ0v) is 19.6. The van der Waals surface area contributed by atoms with Crippen LogP contribution in [0.15, 0.2) is 42.5 Å². The first-order valence-corrected chi connectivity index (χ1v) is 11.1. The average molecular weight is 469 g/mol. The van der Waals surface area contributed by atoms with Gasteiger partial charge >= 0.3 is 0 Å². The van der Waals surface area contributed by atoms with Gasteiger partial charge in [0.25, 0.3) is 5.91 Å². The summed E-state index contributed by atoms with van der Waals surface area (Å²) >= 11 is 4.64. The standard InChI is InChI=1S/C24H22N2O5.CH3Cl/c1-29-20-11-13-10-17(25-21(13)23(31-3)22(20)30-2)24(28)26-9-8-15-14-6-4-5-7-16(14)19(27)12-18(15)26;1-2/h4-7,10-12,25,27H,8-9H2,1-3H3;1H3. The van der Waals surface area contributed by atoms with Crippen molar-refractivity contribution < 1.29 is 24.1 Å². The fourth-order valence-corrected chi connectivity index (χ4v) is 4.47. The highest BCUT2D eigenvalue weighted by molar-refractivity contribution is 6.15. The Morgan fingerprint density at radius 3 is 2.36 bits per heavy atom. The number of aromatic hydroxyl groups is 1. The van der Waals surface area contributed by atoms with Crippen LogP contribution in [0.5, 0.6) is 23.0 Å². The number of ether oxygens (including phenoxy) is 3. The molecule has 5 rings (SSSR count). The zero-order chi connectivity index (χ0) is 23.7. The molecule has 3 aromatic carbocycles. The number of phenolic OH excluding ortho intramolecular Hbond substituents is 1. The van der Waals surface area contributed by atoms with Crippen LogP contribution in [0.25, 0.3) is 21.7 Å². The molecule has 0 unspecified atom stereocenters. The number of aromatic nitrogens is 1. The number of halogens is 1. The second-order valence-electron chi connectivity index (χ2n) is 7.44. The number of carbonyl (C=O) groups is 1. The van der Waals surface area contributed by atoms with E-state index in [-0.39, 0.29) is 11.7 Å². The van der Waals surface area contributed by atoms with E-state index in [1.165, 1.54) is 6.38 Å². The summed E-state index contributed by atoms with van der Waals surface area (Å²) in [6.45, 7) is 0.542. The number of nitrogens with zero attached hydrogens (tertiary/aromatic N) is 1. The number of carbonyl (C=O) groups excluding carboxylic acids is 1. The third-order valence-corrected chi connectivity index (χ3v) is 5.88. The van der Waals surface area contributed by atoms with Gasteiger partial charge in [-0.2, -0.15) is 0 Å². The van der Waals surface area contributed by atoms with E-state index in [4.69, 9.17) is 14.2 Å². The highest BCUT2D eigenvalue weighted by Crippen LogP contribution is 2.44. The fourth-order valence-electron chi connectivity index (χ4n) is 4.47. The van der Waals surface area contributed by atoms with E-state index >= 15 is 0 Å². The number of rotatable bonds is 4. The summed E-state index contributed by atoms with van der Waals surface area (Å²) in [5, 5.41) is 13.1. The maximum Gasteiger partial charge on any atom is 0.274 e. The van der Waals surface area contributed by atoms with Crippen molar-refractivity contribution in [1.29, 1.82) is 0 Å². The van der Waals surface area contributed by atoms with Crippen LogP contribution in [0.4, 0.5) is 5.69 Å². The first kappa shape index (κ1) is 22.6. The van der Waals surface area contributed by atoms with Crippen molar-refractivity contribution in [2.24, 2.45) is 0 Å². The summed E-state index contributed by atoms with van der Waals surface area (Å²) in [4.78, 5) is 18.3. The molecule has 2 heterocycles. The fraction of sp³-hybridized carbons (Fsp3) is 0.240. The number of hydrogen-bond acceptors (Lipinski definition) is 5. The third-order valence-electron chi connectivity index (χ3n) is 5.88. The molecule has 0 spiro atoms. The maximum absolute atomic E-state index is 13.4. The van der Waals surface area contributed by atoms with E-state index in [1.807, 2.05) is 24.3 Å². The van der Waals surface area contributed by atoms with E-state index in [2.05, 4.69) is 16.6 Å². The molecule has 0 aliphatic carbocycles. The number of anilines is 1. The molecule has 8 heteroatoms.